The number of unbranched alkanes of at least 4 members (excludes halogenated alkanes) is 2. The number of phenolic OH excluding ortho intramolecular Hbond substituents is 1. The summed E-state index contributed by atoms with van der Waals surface area (Å²) in [6.07, 6.45) is 4.15. The molecular weight excluding hydrogens is 746 g/mol. The van der Waals surface area contributed by atoms with Crippen LogP contribution in [0, 0.1) is 17.8 Å². The second-order valence-electron chi connectivity index (χ2n) is 16.1. The molecule has 300 valence electrons. The summed E-state index contributed by atoms with van der Waals surface area (Å²) in [5.41, 5.74) is 3.08. The second kappa shape index (κ2) is 18.9. The molecule has 1 aliphatic carbocycles. The van der Waals surface area contributed by atoms with Crippen LogP contribution in [0.4, 0.5) is 0 Å². The first-order valence-corrected chi connectivity index (χ1v) is 22.0. The predicted octanol–water partition coefficient (Wildman–Crippen LogP) is 7.11. The number of aliphatic hydroxyl groups is 2. The molecule has 1 aliphatic heterocycles. The Balaban J connectivity index is 1.53. The molecule has 4 N–H and O–H groups in total. The summed E-state index contributed by atoms with van der Waals surface area (Å²) in [5.74, 6) is -3.80. The molecular formula is C45H56ClNO8Si. The van der Waals surface area contributed by atoms with E-state index in [2.05, 4.69) is 45.0 Å². The lowest BCUT2D eigenvalue weighted by Crippen LogP contribution is -2.66. The zero-order valence-corrected chi connectivity index (χ0v) is 34.7. The average molecular weight is 802 g/mol. The number of halogens is 1. The molecule has 0 aromatic heterocycles. The highest BCUT2D eigenvalue weighted by Crippen LogP contribution is 2.47. The van der Waals surface area contributed by atoms with Crippen LogP contribution < -0.4 is 10.4 Å². The molecule has 11 heteroatoms. The van der Waals surface area contributed by atoms with Gasteiger partial charge in [-0.2, -0.15) is 0 Å². The zero-order chi connectivity index (χ0) is 40.6. The van der Waals surface area contributed by atoms with Crippen molar-refractivity contribution in [2.45, 2.75) is 90.2 Å². The molecule has 2 amide bonds. The quantitative estimate of drug-likeness (QED) is 0.0461. The maximum atomic E-state index is 14.1. The zero-order valence-electron chi connectivity index (χ0n) is 32.9. The number of hydrogen-bond acceptors (Lipinski definition) is 7. The van der Waals surface area contributed by atoms with Gasteiger partial charge in [-0.05, 0) is 88.8 Å². The minimum Gasteiger partial charge on any atom is -0.508 e. The number of aliphatic carboxylic acids is 1. The van der Waals surface area contributed by atoms with Gasteiger partial charge in [0.2, 0.25) is 11.8 Å². The summed E-state index contributed by atoms with van der Waals surface area (Å²) in [4.78, 5) is 40.5. The van der Waals surface area contributed by atoms with Gasteiger partial charge in [0.1, 0.15) is 5.75 Å². The van der Waals surface area contributed by atoms with E-state index in [1.807, 2.05) is 49.4 Å². The number of carbonyl (C=O) groups excluding carboxylic acids is 2. The Morgan fingerprint density at radius 1 is 0.964 bits per heavy atom. The van der Waals surface area contributed by atoms with Gasteiger partial charge in [-0.25, -0.2) is 0 Å². The van der Waals surface area contributed by atoms with Crippen LogP contribution >= 0.6 is 11.6 Å². The van der Waals surface area contributed by atoms with E-state index < -0.39 is 44.8 Å². The number of fused-ring (bicyclic) bond motifs is 1. The summed E-state index contributed by atoms with van der Waals surface area (Å²) in [6.45, 7) is 8.43. The molecule has 3 aromatic carbocycles. The van der Waals surface area contributed by atoms with Gasteiger partial charge in [0, 0.05) is 18.9 Å². The molecule has 0 spiro atoms. The lowest BCUT2D eigenvalue weighted by Gasteiger charge is -2.44. The van der Waals surface area contributed by atoms with Crippen LogP contribution in [0.15, 0.2) is 95.6 Å². The number of nitrogens with zero attached hydrogens (tertiary/aromatic N) is 1. The van der Waals surface area contributed by atoms with Gasteiger partial charge in [-0.3, -0.25) is 19.3 Å². The van der Waals surface area contributed by atoms with Crippen molar-refractivity contribution in [3.8, 4) is 5.75 Å². The van der Waals surface area contributed by atoms with Crippen LogP contribution in [0.25, 0.3) is 6.08 Å². The summed E-state index contributed by atoms with van der Waals surface area (Å²) in [5, 5.41) is 44.4. The first-order chi connectivity index (χ1) is 26.7. The topological polar surface area (TPSA) is 145 Å². The molecule has 0 bridgehead atoms. The number of carboxylic acid groups (broad SMARTS) is 1. The highest BCUT2D eigenvalue weighted by molar-refractivity contribution is 6.99. The molecule has 1 heterocycles. The fraction of sp³-hybridized carbons (Fsp3) is 0.444. The Morgan fingerprint density at radius 3 is 2.16 bits per heavy atom. The van der Waals surface area contributed by atoms with E-state index in [1.54, 1.807) is 12.1 Å². The number of rotatable bonds is 18. The van der Waals surface area contributed by atoms with Crippen molar-refractivity contribution in [1.82, 2.24) is 4.90 Å². The van der Waals surface area contributed by atoms with Crippen LogP contribution in [0.5, 0.6) is 5.75 Å². The van der Waals surface area contributed by atoms with Gasteiger partial charge in [0.05, 0.1) is 36.2 Å². The number of likely N-dealkylation sites (tertiary alicyclic amines) is 1. The van der Waals surface area contributed by atoms with Gasteiger partial charge >= 0.3 is 5.97 Å². The van der Waals surface area contributed by atoms with E-state index in [1.165, 1.54) is 11.0 Å². The third kappa shape index (κ3) is 9.38. The summed E-state index contributed by atoms with van der Waals surface area (Å²) < 4.78 is 7.36. The van der Waals surface area contributed by atoms with E-state index >= 15 is 0 Å². The molecule has 4 atom stereocenters. The Morgan fingerprint density at radius 2 is 1.61 bits per heavy atom. The molecule has 0 unspecified atom stereocenters. The third-order valence-corrected chi connectivity index (χ3v) is 16.8. The lowest BCUT2D eigenvalue weighted by atomic mass is 9.68. The third-order valence-electron chi connectivity index (χ3n) is 11.5. The number of allylic oxidation sites excluding steroid dienone is 1. The van der Waals surface area contributed by atoms with Gasteiger partial charge in [0.25, 0.3) is 8.32 Å². The van der Waals surface area contributed by atoms with Crippen LogP contribution in [0.1, 0.15) is 84.6 Å². The van der Waals surface area contributed by atoms with Crippen LogP contribution in [0.2, 0.25) is 10.1 Å². The smallest absolute Gasteiger partial charge is 0.303 e. The van der Waals surface area contributed by atoms with E-state index in [4.69, 9.17) is 21.1 Å². The van der Waals surface area contributed by atoms with Crippen molar-refractivity contribution >= 4 is 54.2 Å². The summed E-state index contributed by atoms with van der Waals surface area (Å²) in [6, 6.07) is 25.3. The van der Waals surface area contributed by atoms with Crippen molar-refractivity contribution in [2.75, 3.05) is 19.8 Å². The number of amides is 2. The fourth-order valence-electron chi connectivity index (χ4n) is 8.74. The normalized spacial score (nSPS) is 19.7. The highest BCUT2D eigenvalue weighted by atomic mass is 35.5. The number of imide groups is 1. The maximum Gasteiger partial charge on any atom is 0.303 e. The standard InChI is InChI=1S/C45H56ClNO8Si/c1-5-30(25-31-21-22-33(49)27-38(31)46)20-23-39(50)41-32(26-36-42(37(41)28-48)44(54)47(43(36)53)24-14-8-13-19-40(51)52)29-55-56(45(2,3)4,34-15-9-6-10-16-34)35-17-11-7-12-18-35/h6-7,9-12,15-18,21-22,25,27,36-37,39,42,48-50H,5,8,13-14,19-20,23-24,26,28-29H2,1-4H3,(H,51,52)/b30-25+/t36-,37+,39-,42-/m1/s1. The van der Waals surface area contributed by atoms with Crippen molar-refractivity contribution in [3.05, 3.63) is 106 Å². The molecule has 0 saturated carbocycles. The monoisotopic (exact) mass is 801 g/mol. The largest absolute Gasteiger partial charge is 0.508 e. The number of benzene rings is 3. The lowest BCUT2D eigenvalue weighted by molar-refractivity contribution is -0.141. The number of carbonyl (C=O) groups is 3. The van der Waals surface area contributed by atoms with E-state index in [0.717, 1.165) is 27.1 Å². The molecule has 56 heavy (non-hydrogen) atoms. The molecule has 1 fully saturated rings. The summed E-state index contributed by atoms with van der Waals surface area (Å²) >= 11 is 6.43. The second-order valence-corrected chi connectivity index (χ2v) is 20.8. The average Bonchev–Trinajstić information content (AvgIpc) is 3.41. The van der Waals surface area contributed by atoms with E-state index in [-0.39, 0.29) is 48.6 Å². The first kappa shape index (κ1) is 43.1. The van der Waals surface area contributed by atoms with Crippen molar-refractivity contribution < 1.29 is 39.2 Å². The molecule has 0 radical (unpaired) electrons. The van der Waals surface area contributed by atoms with Gasteiger partial charge in [-0.15, -0.1) is 0 Å². The molecule has 2 aliphatic rings. The molecule has 5 rings (SSSR count). The van der Waals surface area contributed by atoms with Gasteiger partial charge < -0.3 is 24.9 Å². The predicted molar refractivity (Wildman–Crippen MR) is 222 cm³/mol. The van der Waals surface area contributed by atoms with Crippen LogP contribution in [0.3, 0.4) is 0 Å². The van der Waals surface area contributed by atoms with Crippen molar-refractivity contribution in [1.29, 1.82) is 0 Å². The van der Waals surface area contributed by atoms with E-state index in [0.29, 0.717) is 49.1 Å². The SMILES string of the molecule is CC/C(=C\c1ccc(O)cc1Cl)CC[C@@H](O)C1=C(CO[Si](c2ccccc2)(c2ccccc2)C(C)(C)C)C[C@H]2C(=O)N(CCCCCC(=O)O)C(=O)[C@H]2[C@H]1CO. The minimum atomic E-state index is -3.06. The van der Waals surface area contributed by atoms with Gasteiger partial charge in [-0.1, -0.05) is 118 Å². The van der Waals surface area contributed by atoms with Gasteiger partial charge in [0.15, 0.2) is 0 Å². The van der Waals surface area contributed by atoms with Crippen molar-refractivity contribution in [2.24, 2.45) is 17.8 Å². The molecule has 9 nitrogen and oxygen atoms in total. The minimum absolute atomic E-state index is 0.0243. The van der Waals surface area contributed by atoms with Crippen LogP contribution in [-0.4, -0.2) is 77.3 Å². The number of hydrogen-bond donors (Lipinski definition) is 4. The fourth-order valence-corrected chi connectivity index (χ4v) is 13.5. The first-order valence-electron chi connectivity index (χ1n) is 19.7. The van der Waals surface area contributed by atoms with E-state index in [9.17, 15) is 29.7 Å². The summed E-state index contributed by atoms with van der Waals surface area (Å²) in [7, 11) is -3.06. The number of carboxylic acids is 1. The maximum absolute atomic E-state index is 14.1. The molecule has 1 saturated heterocycles. The number of aromatic hydroxyl groups is 1. The Hall–Kier alpha value is -4.06. The number of aliphatic hydroxyl groups excluding tert-OH is 2. The Kier molecular flexibility index (Phi) is 14.6. The number of phenols is 1. The van der Waals surface area contributed by atoms with Crippen LogP contribution in [-0.2, 0) is 18.8 Å². The Labute approximate surface area is 336 Å². The Bertz CT molecular complexity index is 1870. The molecule has 3 aromatic rings. The highest BCUT2D eigenvalue weighted by Gasteiger charge is 2.56. The van der Waals surface area contributed by atoms with Crippen molar-refractivity contribution in [3.63, 3.8) is 0 Å².